The topological polar surface area (TPSA) is 20.2 Å². The average molecular weight is 135 g/mol. The highest BCUT2D eigenvalue weighted by molar-refractivity contribution is 5.43. The second kappa shape index (κ2) is 3.77. The summed E-state index contributed by atoms with van der Waals surface area (Å²) in [5.41, 5.74) is 0.992. The fraction of sp³-hybridized carbons (Fsp3) is 0.222. The van der Waals surface area contributed by atoms with Crippen LogP contribution in [-0.2, 0) is 0 Å². The van der Waals surface area contributed by atoms with Gasteiger partial charge in [0.2, 0.25) is 0 Å². The molecule has 1 rings (SSSR count). The van der Waals surface area contributed by atoms with Crippen LogP contribution in [0, 0.1) is 31.6 Å². The van der Waals surface area contributed by atoms with E-state index in [1.54, 1.807) is 0 Å². The number of hydrogen-bond donors (Lipinski definition) is 1. The fourth-order valence-electron chi connectivity index (χ4n) is 0.815. The van der Waals surface area contributed by atoms with Crippen LogP contribution in [0.25, 0.3) is 0 Å². The number of allylic oxidation sites excluding steroid dienone is 1. The molecule has 0 spiro atoms. The zero-order chi connectivity index (χ0) is 7.40. The van der Waals surface area contributed by atoms with E-state index in [1.165, 1.54) is 0 Å². The van der Waals surface area contributed by atoms with E-state index in [1.807, 2.05) is 38.7 Å². The van der Waals surface area contributed by atoms with Crippen molar-refractivity contribution in [2.24, 2.45) is 0 Å². The van der Waals surface area contributed by atoms with Crippen LogP contribution in [0.4, 0.5) is 0 Å². The third-order valence-electron chi connectivity index (χ3n) is 1.35. The van der Waals surface area contributed by atoms with E-state index in [2.05, 4.69) is 0 Å². The van der Waals surface area contributed by atoms with Crippen molar-refractivity contribution in [2.45, 2.75) is 6.92 Å². The Morgan fingerprint density at radius 1 is 1.50 bits per heavy atom. The zero-order valence-electron chi connectivity index (χ0n) is 6.04. The van der Waals surface area contributed by atoms with E-state index >= 15 is 0 Å². The number of aliphatic hydroxyl groups excluding tert-OH is 1. The van der Waals surface area contributed by atoms with Crippen LogP contribution >= 0.6 is 0 Å². The van der Waals surface area contributed by atoms with E-state index in [9.17, 15) is 0 Å². The molecule has 0 aliphatic heterocycles. The standard InChI is InChI=1S/C9H11O/c1-8(7-10)6-9-4-2-3-5-9/h2-6,10H,7H2,1H3/b8-6+. The average Bonchev–Trinajstić information content (AvgIpc) is 2.40. The van der Waals surface area contributed by atoms with Crippen molar-refractivity contribution in [3.8, 4) is 0 Å². The Kier molecular flexibility index (Phi) is 2.94. The zero-order valence-corrected chi connectivity index (χ0v) is 6.04. The highest BCUT2D eigenvalue weighted by Gasteiger charge is 2.13. The largest absolute Gasteiger partial charge is 0.392 e. The molecule has 0 aromatic heterocycles. The van der Waals surface area contributed by atoms with E-state index < -0.39 is 0 Å². The smallest absolute Gasteiger partial charge is 0.0639 e. The van der Waals surface area contributed by atoms with Gasteiger partial charge in [0.25, 0.3) is 0 Å². The summed E-state index contributed by atoms with van der Waals surface area (Å²) in [7, 11) is 0. The van der Waals surface area contributed by atoms with E-state index in [-0.39, 0.29) is 6.61 Å². The van der Waals surface area contributed by atoms with Gasteiger partial charge >= 0.3 is 0 Å². The van der Waals surface area contributed by atoms with Gasteiger partial charge in [-0.05, 0) is 32.6 Å². The molecule has 0 aromatic carbocycles. The van der Waals surface area contributed by atoms with Gasteiger partial charge in [0.05, 0.1) is 6.61 Å². The number of rotatable bonds is 2. The highest BCUT2D eigenvalue weighted by atomic mass is 16.3. The molecule has 1 nitrogen and oxygen atoms in total. The minimum Gasteiger partial charge on any atom is -0.392 e. The second-order valence-electron chi connectivity index (χ2n) is 2.37. The van der Waals surface area contributed by atoms with Gasteiger partial charge in [-0.15, -0.1) is 0 Å². The predicted octanol–water partition coefficient (Wildman–Crippen LogP) is 1.33. The van der Waals surface area contributed by atoms with Crippen molar-refractivity contribution in [1.82, 2.24) is 0 Å². The maximum Gasteiger partial charge on any atom is 0.0639 e. The van der Waals surface area contributed by atoms with E-state index in [0.717, 1.165) is 11.5 Å². The molecule has 1 aliphatic rings. The van der Waals surface area contributed by atoms with Crippen molar-refractivity contribution in [1.29, 1.82) is 0 Å². The Morgan fingerprint density at radius 3 is 2.60 bits per heavy atom. The lowest BCUT2D eigenvalue weighted by Gasteiger charge is -2.00. The lowest BCUT2D eigenvalue weighted by atomic mass is 10.1. The Bertz CT molecular complexity index is 121. The first-order valence-corrected chi connectivity index (χ1v) is 3.32. The Morgan fingerprint density at radius 2 is 2.10 bits per heavy atom. The molecule has 0 saturated heterocycles. The SMILES string of the molecule is C/C(=C\[C]1[CH][CH][CH][CH]1)CO. The van der Waals surface area contributed by atoms with Crippen molar-refractivity contribution in [2.75, 3.05) is 6.61 Å². The summed E-state index contributed by atoms with van der Waals surface area (Å²) in [6, 6.07) is 0. The Labute approximate surface area is 62.8 Å². The molecule has 0 amide bonds. The van der Waals surface area contributed by atoms with Gasteiger partial charge in [0.1, 0.15) is 0 Å². The molecule has 10 heavy (non-hydrogen) atoms. The first-order chi connectivity index (χ1) is 4.83. The lowest BCUT2D eigenvalue weighted by Crippen LogP contribution is -1.90. The second-order valence-corrected chi connectivity index (χ2v) is 2.37. The predicted molar refractivity (Wildman–Crippen MR) is 41.3 cm³/mol. The van der Waals surface area contributed by atoms with Crippen LogP contribution in [0.15, 0.2) is 11.6 Å². The third-order valence-corrected chi connectivity index (χ3v) is 1.35. The first kappa shape index (κ1) is 7.80. The van der Waals surface area contributed by atoms with Crippen LogP contribution in [0.5, 0.6) is 0 Å². The van der Waals surface area contributed by atoms with Crippen LogP contribution in [-0.4, -0.2) is 11.7 Å². The molecular weight excluding hydrogens is 124 g/mol. The van der Waals surface area contributed by atoms with Crippen molar-refractivity contribution in [3.63, 3.8) is 0 Å². The minimum absolute atomic E-state index is 0.144. The molecule has 1 heteroatoms. The van der Waals surface area contributed by atoms with Gasteiger partial charge in [0, 0.05) is 5.92 Å². The molecule has 1 fully saturated rings. The maximum absolute atomic E-state index is 8.67. The summed E-state index contributed by atoms with van der Waals surface area (Å²) >= 11 is 0. The third kappa shape index (κ3) is 2.14. The van der Waals surface area contributed by atoms with Crippen LogP contribution in [0.3, 0.4) is 0 Å². The summed E-state index contributed by atoms with van der Waals surface area (Å²) in [6.07, 6.45) is 9.96. The van der Waals surface area contributed by atoms with Gasteiger partial charge in [-0.2, -0.15) is 0 Å². The van der Waals surface area contributed by atoms with Gasteiger partial charge in [-0.1, -0.05) is 11.6 Å². The molecule has 1 saturated carbocycles. The quantitative estimate of drug-likeness (QED) is 0.605. The van der Waals surface area contributed by atoms with Crippen molar-refractivity contribution < 1.29 is 5.11 Å². The van der Waals surface area contributed by atoms with Crippen molar-refractivity contribution in [3.05, 3.63) is 43.3 Å². The molecule has 0 unspecified atom stereocenters. The summed E-state index contributed by atoms with van der Waals surface area (Å²) < 4.78 is 0. The monoisotopic (exact) mass is 135 g/mol. The summed E-state index contributed by atoms with van der Waals surface area (Å²) in [6.45, 7) is 2.05. The van der Waals surface area contributed by atoms with Gasteiger partial charge < -0.3 is 5.11 Å². The molecule has 53 valence electrons. The first-order valence-electron chi connectivity index (χ1n) is 3.32. The van der Waals surface area contributed by atoms with Crippen LogP contribution in [0.1, 0.15) is 6.92 Å². The molecule has 5 radical (unpaired) electrons. The molecule has 1 N–H and O–H groups in total. The number of hydrogen-bond acceptors (Lipinski definition) is 1. The maximum atomic E-state index is 8.67. The van der Waals surface area contributed by atoms with Gasteiger partial charge in [-0.25, -0.2) is 0 Å². The lowest BCUT2D eigenvalue weighted by molar-refractivity contribution is 0.331. The van der Waals surface area contributed by atoms with Gasteiger partial charge in [0.15, 0.2) is 0 Å². The molecule has 0 aromatic rings. The minimum atomic E-state index is 0.144. The molecule has 0 atom stereocenters. The molecular formula is C9H11O. The Balaban J connectivity index is 2.34. The molecule has 1 aliphatic carbocycles. The Hall–Kier alpha value is -0.300. The van der Waals surface area contributed by atoms with Gasteiger partial charge in [-0.3, -0.25) is 0 Å². The van der Waals surface area contributed by atoms with Crippen LogP contribution in [0.2, 0.25) is 0 Å². The van der Waals surface area contributed by atoms with E-state index in [4.69, 9.17) is 5.11 Å². The normalized spacial score (nSPS) is 22.0. The summed E-state index contributed by atoms with van der Waals surface area (Å²) in [5.74, 6) is 1.16. The summed E-state index contributed by atoms with van der Waals surface area (Å²) in [4.78, 5) is 0. The molecule has 0 bridgehead atoms. The van der Waals surface area contributed by atoms with Crippen molar-refractivity contribution >= 4 is 0 Å². The van der Waals surface area contributed by atoms with E-state index in [0.29, 0.717) is 0 Å². The number of aliphatic hydroxyl groups is 1. The van der Waals surface area contributed by atoms with Crippen LogP contribution < -0.4 is 0 Å². The summed E-state index contributed by atoms with van der Waals surface area (Å²) in [5, 5.41) is 8.67. The fourth-order valence-corrected chi connectivity index (χ4v) is 0.815. The molecule has 0 heterocycles. The highest BCUT2D eigenvalue weighted by Crippen LogP contribution is 2.24.